The highest BCUT2D eigenvalue weighted by molar-refractivity contribution is 5.76. The zero-order valence-electron chi connectivity index (χ0n) is 13.6. The van der Waals surface area contributed by atoms with Crippen LogP contribution in [-0.2, 0) is 0 Å². The van der Waals surface area contributed by atoms with Crippen LogP contribution in [0.25, 0.3) is 28.2 Å². The van der Waals surface area contributed by atoms with E-state index in [0.29, 0.717) is 16.7 Å². The largest absolute Gasteiger partial charge is 0.383 e. The Hall–Kier alpha value is -3.75. The summed E-state index contributed by atoms with van der Waals surface area (Å²) in [6.07, 6.45) is 1.48. The van der Waals surface area contributed by atoms with Crippen LogP contribution in [0.1, 0.15) is 0 Å². The van der Waals surface area contributed by atoms with Gasteiger partial charge in [-0.25, -0.2) is 18.2 Å². The van der Waals surface area contributed by atoms with Gasteiger partial charge in [0, 0.05) is 11.8 Å². The third-order valence-electron chi connectivity index (χ3n) is 3.95. The van der Waals surface area contributed by atoms with E-state index in [9.17, 15) is 13.2 Å². The van der Waals surface area contributed by atoms with Crippen molar-refractivity contribution >= 4 is 5.82 Å². The second-order valence-electron chi connectivity index (χ2n) is 5.65. The molecule has 0 saturated heterocycles. The average Bonchev–Trinajstić information content (AvgIpc) is 3.13. The van der Waals surface area contributed by atoms with Crippen molar-refractivity contribution in [1.82, 2.24) is 25.2 Å². The Balaban J connectivity index is 1.87. The maximum Gasteiger partial charge on any atom is 0.190 e. The van der Waals surface area contributed by atoms with Crippen LogP contribution < -0.4 is 5.73 Å². The number of nitrogens with two attached hydrogens (primary N) is 1. The van der Waals surface area contributed by atoms with E-state index in [-0.39, 0.29) is 17.3 Å². The monoisotopic (exact) mass is 368 g/mol. The van der Waals surface area contributed by atoms with Crippen LogP contribution in [0.4, 0.5) is 19.0 Å². The van der Waals surface area contributed by atoms with Gasteiger partial charge in [-0.15, -0.1) is 5.10 Å². The molecule has 0 aliphatic rings. The molecule has 27 heavy (non-hydrogen) atoms. The van der Waals surface area contributed by atoms with Crippen LogP contribution in [0.2, 0.25) is 0 Å². The second-order valence-corrected chi connectivity index (χ2v) is 5.65. The van der Waals surface area contributed by atoms with Gasteiger partial charge in [0.2, 0.25) is 0 Å². The summed E-state index contributed by atoms with van der Waals surface area (Å²) < 4.78 is 42.3. The number of nitrogens with zero attached hydrogens (tertiary/aromatic N) is 5. The average molecular weight is 368 g/mol. The third kappa shape index (κ3) is 2.99. The van der Waals surface area contributed by atoms with Crippen molar-refractivity contribution in [2.45, 2.75) is 0 Å². The van der Waals surface area contributed by atoms with Crippen molar-refractivity contribution < 1.29 is 13.2 Å². The first-order valence-corrected chi connectivity index (χ1v) is 7.79. The Morgan fingerprint density at radius 1 is 0.926 bits per heavy atom. The van der Waals surface area contributed by atoms with Gasteiger partial charge in [-0.1, -0.05) is 18.2 Å². The molecule has 134 valence electrons. The van der Waals surface area contributed by atoms with Gasteiger partial charge in [-0.05, 0) is 46.3 Å². The molecule has 0 radical (unpaired) electrons. The smallest absolute Gasteiger partial charge is 0.190 e. The fraction of sp³-hybridized carbons (Fsp3) is 0. The van der Waals surface area contributed by atoms with Crippen molar-refractivity contribution in [3.63, 3.8) is 0 Å². The molecule has 2 heterocycles. The van der Waals surface area contributed by atoms with E-state index in [2.05, 4.69) is 20.5 Å². The molecule has 0 aliphatic heterocycles. The molecule has 0 saturated carbocycles. The van der Waals surface area contributed by atoms with Crippen LogP contribution in [0.5, 0.6) is 0 Å². The summed E-state index contributed by atoms with van der Waals surface area (Å²) in [5.74, 6) is -2.38. The second kappa shape index (κ2) is 6.52. The van der Waals surface area contributed by atoms with Gasteiger partial charge in [0.15, 0.2) is 17.5 Å². The molecular formula is C18H11F3N6. The Morgan fingerprint density at radius 2 is 1.74 bits per heavy atom. The van der Waals surface area contributed by atoms with Crippen LogP contribution in [-0.4, -0.2) is 25.2 Å². The number of tetrazole rings is 1. The van der Waals surface area contributed by atoms with E-state index >= 15 is 0 Å². The number of rotatable bonds is 3. The lowest BCUT2D eigenvalue weighted by molar-refractivity contribution is 0.501. The molecule has 0 amide bonds. The molecule has 0 unspecified atom stereocenters. The number of benzene rings is 2. The molecule has 6 nitrogen and oxygen atoms in total. The third-order valence-corrected chi connectivity index (χ3v) is 3.95. The number of pyridine rings is 1. The standard InChI is InChI=1S/C18H11F3N6/c19-12-4-1-3-10(7-12)11-8-13(17(22)23-9-11)18-24-25-26-27(18)15-6-2-5-14(20)16(15)21/h1-9H,(H2,22,23). The first kappa shape index (κ1) is 16.7. The fourth-order valence-electron chi connectivity index (χ4n) is 2.65. The topological polar surface area (TPSA) is 82.5 Å². The Kier molecular flexibility index (Phi) is 4.03. The lowest BCUT2D eigenvalue weighted by Crippen LogP contribution is -2.06. The van der Waals surface area contributed by atoms with Crippen molar-refractivity contribution in [2.75, 3.05) is 5.73 Å². The van der Waals surface area contributed by atoms with Gasteiger partial charge in [-0.2, -0.15) is 4.68 Å². The minimum absolute atomic E-state index is 0.0720. The summed E-state index contributed by atoms with van der Waals surface area (Å²) in [6.45, 7) is 0. The minimum atomic E-state index is -1.10. The predicted octanol–water partition coefficient (Wildman–Crippen LogP) is 3.39. The predicted molar refractivity (Wildman–Crippen MR) is 92.1 cm³/mol. The minimum Gasteiger partial charge on any atom is -0.383 e. The van der Waals surface area contributed by atoms with Gasteiger partial charge in [0.05, 0.1) is 5.56 Å². The van der Waals surface area contributed by atoms with E-state index in [4.69, 9.17) is 5.73 Å². The molecule has 4 rings (SSSR count). The number of aromatic nitrogens is 5. The van der Waals surface area contributed by atoms with E-state index in [1.807, 2.05) is 0 Å². The Bertz CT molecular complexity index is 1140. The molecule has 9 heteroatoms. The number of nitrogen functional groups attached to an aromatic ring is 1. The Labute approximate surface area is 151 Å². The van der Waals surface area contributed by atoms with Crippen LogP contribution in [0, 0.1) is 17.5 Å². The summed E-state index contributed by atoms with van der Waals surface area (Å²) in [5.41, 5.74) is 7.20. The quantitative estimate of drug-likeness (QED) is 0.599. The molecule has 0 spiro atoms. The maximum absolute atomic E-state index is 14.2. The SMILES string of the molecule is Nc1ncc(-c2cccc(F)c2)cc1-c1nnnn1-c1cccc(F)c1F. The molecular weight excluding hydrogens is 357 g/mol. The first-order valence-electron chi connectivity index (χ1n) is 7.79. The van der Waals surface area contributed by atoms with Crippen molar-refractivity contribution in [2.24, 2.45) is 0 Å². The van der Waals surface area contributed by atoms with E-state index < -0.39 is 17.5 Å². The van der Waals surface area contributed by atoms with E-state index in [1.54, 1.807) is 18.2 Å². The van der Waals surface area contributed by atoms with Gasteiger partial charge in [0.1, 0.15) is 17.3 Å². The molecule has 0 bridgehead atoms. The summed E-state index contributed by atoms with van der Waals surface area (Å²) >= 11 is 0. The number of anilines is 1. The highest BCUT2D eigenvalue weighted by Gasteiger charge is 2.19. The van der Waals surface area contributed by atoms with Crippen molar-refractivity contribution in [1.29, 1.82) is 0 Å². The molecule has 0 aliphatic carbocycles. The summed E-state index contributed by atoms with van der Waals surface area (Å²) in [7, 11) is 0. The lowest BCUT2D eigenvalue weighted by Gasteiger charge is -2.09. The Morgan fingerprint density at radius 3 is 2.56 bits per heavy atom. The molecule has 4 aromatic rings. The molecule has 2 N–H and O–H groups in total. The summed E-state index contributed by atoms with van der Waals surface area (Å²) in [4.78, 5) is 4.09. The van der Waals surface area contributed by atoms with E-state index in [0.717, 1.165) is 10.7 Å². The highest BCUT2D eigenvalue weighted by Crippen LogP contribution is 2.30. The van der Waals surface area contributed by atoms with Crippen molar-refractivity contribution in [3.8, 4) is 28.2 Å². The number of hydrogen-bond acceptors (Lipinski definition) is 5. The fourth-order valence-corrected chi connectivity index (χ4v) is 2.65. The first-order chi connectivity index (χ1) is 13.0. The zero-order chi connectivity index (χ0) is 19.0. The van der Waals surface area contributed by atoms with Gasteiger partial charge in [-0.3, -0.25) is 0 Å². The van der Waals surface area contributed by atoms with Gasteiger partial charge >= 0.3 is 0 Å². The molecule has 2 aromatic carbocycles. The zero-order valence-corrected chi connectivity index (χ0v) is 13.6. The van der Waals surface area contributed by atoms with E-state index in [1.165, 1.54) is 30.5 Å². The number of halogens is 3. The van der Waals surface area contributed by atoms with Crippen molar-refractivity contribution in [3.05, 3.63) is 72.2 Å². The molecule has 2 aromatic heterocycles. The normalized spacial score (nSPS) is 10.9. The van der Waals surface area contributed by atoms with Gasteiger partial charge < -0.3 is 5.73 Å². The number of hydrogen-bond donors (Lipinski definition) is 1. The summed E-state index contributed by atoms with van der Waals surface area (Å²) in [6, 6.07) is 11.2. The highest BCUT2D eigenvalue weighted by atomic mass is 19.2. The van der Waals surface area contributed by atoms with Crippen LogP contribution >= 0.6 is 0 Å². The van der Waals surface area contributed by atoms with Gasteiger partial charge in [0.25, 0.3) is 0 Å². The lowest BCUT2D eigenvalue weighted by atomic mass is 10.1. The maximum atomic E-state index is 14.2. The molecule has 0 atom stereocenters. The summed E-state index contributed by atoms with van der Waals surface area (Å²) in [5, 5.41) is 11.1. The molecule has 0 fully saturated rings. The van der Waals surface area contributed by atoms with Crippen LogP contribution in [0.15, 0.2) is 54.7 Å². The van der Waals surface area contributed by atoms with Crippen LogP contribution in [0.3, 0.4) is 0 Å².